The highest BCUT2D eigenvalue weighted by molar-refractivity contribution is 5.55. The van der Waals surface area contributed by atoms with Crippen LogP contribution < -0.4 is 11.1 Å². The fourth-order valence-corrected chi connectivity index (χ4v) is 3.62. The molecule has 0 spiro atoms. The van der Waals surface area contributed by atoms with Gasteiger partial charge < -0.3 is 0 Å². The SMILES string of the molecule is O=c1c2c3c(nn2cnn1Cc1cc(=O)n2ccccc2n1)CCCC3. The molecule has 130 valence electrons. The number of hydrogen-bond donors (Lipinski definition) is 0. The van der Waals surface area contributed by atoms with Crippen LogP contribution in [0.5, 0.6) is 0 Å². The van der Waals surface area contributed by atoms with Crippen molar-refractivity contribution < 1.29 is 0 Å². The summed E-state index contributed by atoms with van der Waals surface area (Å²) in [6.45, 7) is 0.149. The summed E-state index contributed by atoms with van der Waals surface area (Å²) in [6.07, 6.45) is 7.17. The van der Waals surface area contributed by atoms with E-state index in [0.29, 0.717) is 16.9 Å². The molecule has 0 saturated heterocycles. The van der Waals surface area contributed by atoms with E-state index in [9.17, 15) is 9.59 Å². The number of fused-ring (bicyclic) bond motifs is 4. The maximum atomic E-state index is 12.9. The Balaban J connectivity index is 1.63. The molecule has 8 heteroatoms. The molecule has 0 fully saturated rings. The predicted octanol–water partition coefficient (Wildman–Crippen LogP) is 0.826. The van der Waals surface area contributed by atoms with E-state index in [0.717, 1.165) is 36.9 Å². The first-order valence-corrected chi connectivity index (χ1v) is 8.64. The average Bonchev–Trinajstić information content (AvgIpc) is 3.03. The van der Waals surface area contributed by atoms with Crippen molar-refractivity contribution in [2.75, 3.05) is 0 Å². The molecular weight excluding hydrogens is 332 g/mol. The van der Waals surface area contributed by atoms with Crippen LogP contribution in [0.15, 0.2) is 46.4 Å². The van der Waals surface area contributed by atoms with Crippen molar-refractivity contribution in [3.8, 4) is 0 Å². The van der Waals surface area contributed by atoms with Gasteiger partial charge in [-0.2, -0.15) is 10.2 Å². The zero-order chi connectivity index (χ0) is 17.7. The topological polar surface area (TPSA) is 86.6 Å². The van der Waals surface area contributed by atoms with Crippen molar-refractivity contribution in [3.63, 3.8) is 0 Å². The lowest BCUT2D eigenvalue weighted by Crippen LogP contribution is -2.27. The second-order valence-corrected chi connectivity index (χ2v) is 6.53. The Bertz CT molecular complexity index is 1270. The number of nitrogens with zero attached hydrogens (tertiary/aromatic N) is 6. The van der Waals surface area contributed by atoms with Gasteiger partial charge >= 0.3 is 0 Å². The Labute approximate surface area is 147 Å². The first-order chi connectivity index (χ1) is 12.7. The third-order valence-corrected chi connectivity index (χ3v) is 4.86. The van der Waals surface area contributed by atoms with Crippen molar-refractivity contribution in [3.05, 3.63) is 74.4 Å². The van der Waals surface area contributed by atoms with Crippen LogP contribution in [-0.2, 0) is 19.4 Å². The smallest absolute Gasteiger partial charge is 0.269 e. The molecule has 1 aliphatic carbocycles. The van der Waals surface area contributed by atoms with Crippen LogP contribution in [0.2, 0.25) is 0 Å². The van der Waals surface area contributed by atoms with E-state index < -0.39 is 0 Å². The van der Waals surface area contributed by atoms with Gasteiger partial charge in [-0.25, -0.2) is 14.2 Å². The molecule has 26 heavy (non-hydrogen) atoms. The van der Waals surface area contributed by atoms with E-state index in [1.807, 2.05) is 6.07 Å². The summed E-state index contributed by atoms with van der Waals surface area (Å²) in [5.41, 5.74) is 3.30. The van der Waals surface area contributed by atoms with Gasteiger partial charge in [-0.15, -0.1) is 0 Å². The molecule has 0 radical (unpaired) electrons. The van der Waals surface area contributed by atoms with Crippen molar-refractivity contribution in [2.24, 2.45) is 0 Å². The Morgan fingerprint density at radius 1 is 1.12 bits per heavy atom. The quantitative estimate of drug-likeness (QED) is 0.535. The molecule has 5 rings (SSSR count). The molecule has 0 aromatic carbocycles. The molecule has 0 aliphatic heterocycles. The highest BCUT2D eigenvalue weighted by Crippen LogP contribution is 2.22. The van der Waals surface area contributed by atoms with E-state index >= 15 is 0 Å². The Kier molecular flexibility index (Phi) is 3.24. The van der Waals surface area contributed by atoms with Crippen LogP contribution in [0, 0.1) is 0 Å². The van der Waals surface area contributed by atoms with Gasteiger partial charge in [0.2, 0.25) is 0 Å². The molecule has 0 amide bonds. The molecule has 0 bridgehead atoms. The van der Waals surface area contributed by atoms with Gasteiger partial charge in [0.05, 0.1) is 17.9 Å². The van der Waals surface area contributed by atoms with E-state index in [1.165, 1.54) is 15.1 Å². The van der Waals surface area contributed by atoms with Crippen molar-refractivity contribution in [2.45, 2.75) is 32.2 Å². The summed E-state index contributed by atoms with van der Waals surface area (Å²) >= 11 is 0. The fraction of sp³-hybridized carbons (Fsp3) is 0.278. The Hall–Kier alpha value is -3.29. The van der Waals surface area contributed by atoms with Crippen LogP contribution in [0.1, 0.15) is 29.8 Å². The van der Waals surface area contributed by atoms with Crippen LogP contribution in [-0.4, -0.2) is 28.8 Å². The van der Waals surface area contributed by atoms with Crippen molar-refractivity contribution >= 4 is 11.2 Å². The van der Waals surface area contributed by atoms with E-state index in [4.69, 9.17) is 0 Å². The number of aromatic nitrogens is 6. The molecule has 4 heterocycles. The number of pyridine rings is 1. The average molecular weight is 348 g/mol. The highest BCUT2D eigenvalue weighted by atomic mass is 16.1. The van der Waals surface area contributed by atoms with Gasteiger partial charge in [0.25, 0.3) is 11.1 Å². The summed E-state index contributed by atoms with van der Waals surface area (Å²) in [5.74, 6) is 0. The summed E-state index contributed by atoms with van der Waals surface area (Å²) in [6, 6.07) is 6.80. The van der Waals surface area contributed by atoms with Gasteiger partial charge in [-0.3, -0.25) is 14.0 Å². The summed E-state index contributed by atoms with van der Waals surface area (Å²) in [7, 11) is 0. The van der Waals surface area contributed by atoms with Gasteiger partial charge in [0.15, 0.2) is 0 Å². The summed E-state index contributed by atoms with van der Waals surface area (Å²) < 4.78 is 4.40. The summed E-state index contributed by atoms with van der Waals surface area (Å²) in [5, 5.41) is 8.70. The summed E-state index contributed by atoms with van der Waals surface area (Å²) in [4.78, 5) is 29.6. The van der Waals surface area contributed by atoms with Crippen molar-refractivity contribution in [1.29, 1.82) is 0 Å². The minimum Gasteiger partial charge on any atom is -0.269 e. The second kappa shape index (κ2) is 5.62. The number of aryl methyl sites for hydroxylation is 2. The van der Waals surface area contributed by atoms with Gasteiger partial charge in [0.1, 0.15) is 17.5 Å². The largest absolute Gasteiger partial charge is 0.293 e. The normalized spacial score (nSPS) is 14.0. The Morgan fingerprint density at radius 2 is 2.00 bits per heavy atom. The Morgan fingerprint density at radius 3 is 2.92 bits per heavy atom. The maximum absolute atomic E-state index is 12.9. The zero-order valence-corrected chi connectivity index (χ0v) is 14.0. The maximum Gasteiger partial charge on any atom is 0.293 e. The molecule has 4 aromatic rings. The first kappa shape index (κ1) is 15.0. The van der Waals surface area contributed by atoms with Crippen LogP contribution >= 0.6 is 0 Å². The third-order valence-electron chi connectivity index (χ3n) is 4.86. The van der Waals surface area contributed by atoms with Crippen LogP contribution in [0.4, 0.5) is 0 Å². The van der Waals surface area contributed by atoms with E-state index in [2.05, 4.69) is 15.2 Å². The molecular formula is C18H16N6O2. The lowest BCUT2D eigenvalue weighted by Gasteiger charge is -2.09. The predicted molar refractivity (Wildman–Crippen MR) is 94.5 cm³/mol. The highest BCUT2D eigenvalue weighted by Gasteiger charge is 2.20. The number of hydrogen-bond acceptors (Lipinski definition) is 5. The monoisotopic (exact) mass is 348 g/mol. The zero-order valence-electron chi connectivity index (χ0n) is 14.0. The second-order valence-electron chi connectivity index (χ2n) is 6.53. The third kappa shape index (κ3) is 2.26. The molecule has 0 saturated carbocycles. The lowest BCUT2D eigenvalue weighted by atomic mass is 9.97. The van der Waals surface area contributed by atoms with Gasteiger partial charge in [-0.1, -0.05) is 6.07 Å². The molecule has 0 unspecified atom stereocenters. The minimum absolute atomic E-state index is 0.149. The van der Waals surface area contributed by atoms with Gasteiger partial charge in [0, 0.05) is 17.8 Å². The number of rotatable bonds is 2. The fourth-order valence-electron chi connectivity index (χ4n) is 3.62. The van der Waals surface area contributed by atoms with Crippen molar-refractivity contribution in [1.82, 2.24) is 28.8 Å². The molecule has 0 atom stereocenters. The molecule has 8 nitrogen and oxygen atoms in total. The first-order valence-electron chi connectivity index (χ1n) is 8.64. The molecule has 1 aliphatic rings. The molecule has 0 N–H and O–H groups in total. The van der Waals surface area contributed by atoms with E-state index in [1.54, 1.807) is 29.2 Å². The van der Waals surface area contributed by atoms with Crippen LogP contribution in [0.25, 0.3) is 11.2 Å². The molecule has 4 aromatic heterocycles. The van der Waals surface area contributed by atoms with Gasteiger partial charge in [-0.05, 0) is 37.8 Å². The lowest BCUT2D eigenvalue weighted by molar-refractivity contribution is 0.608. The minimum atomic E-state index is -0.196. The standard InChI is InChI=1S/C18H16N6O2/c25-16-9-12(20-15-7-3-4-8-22(15)16)10-23-18(26)17-13-5-1-2-6-14(13)21-24(17)11-19-23/h3-4,7-9,11H,1-2,5-6,10H2. The van der Waals surface area contributed by atoms with Crippen LogP contribution in [0.3, 0.4) is 0 Å². The van der Waals surface area contributed by atoms with E-state index in [-0.39, 0.29) is 17.7 Å².